The van der Waals surface area contributed by atoms with Crippen molar-refractivity contribution in [1.82, 2.24) is 25.2 Å². The number of halogens is 4. The number of benzene rings is 2. The van der Waals surface area contributed by atoms with Crippen molar-refractivity contribution >= 4 is 17.0 Å². The Hall–Kier alpha value is -4.47. The normalized spacial score (nSPS) is 13.8. The van der Waals surface area contributed by atoms with Crippen LogP contribution < -0.4 is 38.3 Å². The lowest BCUT2D eigenvalue weighted by molar-refractivity contribution is -0.275. The molecule has 0 saturated heterocycles. The van der Waals surface area contributed by atoms with Gasteiger partial charge >= 0.3 is 12.1 Å². The molecule has 0 unspecified atom stereocenters. The molecule has 248 valence electrons. The molecule has 46 heavy (non-hydrogen) atoms. The highest BCUT2D eigenvalue weighted by molar-refractivity contribution is 5.83. The molecule has 0 fully saturated rings. The van der Waals surface area contributed by atoms with E-state index in [1.807, 2.05) is 26.0 Å². The monoisotopic (exact) mass is 645 g/mol. The smallest absolute Gasteiger partial charge is 0.403 e. The number of aromatic nitrogens is 3. The Morgan fingerprint density at radius 2 is 1.87 bits per heavy atom. The van der Waals surface area contributed by atoms with Gasteiger partial charge in [0.2, 0.25) is 0 Å². The lowest BCUT2D eigenvalue weighted by Crippen LogP contribution is -2.44. The Labute approximate surface area is 263 Å². The summed E-state index contributed by atoms with van der Waals surface area (Å²) in [5, 5.41) is 14.0. The molecule has 2 heterocycles. The van der Waals surface area contributed by atoms with Gasteiger partial charge < -0.3 is 37.6 Å². The number of alkyl halides is 3. The van der Waals surface area contributed by atoms with E-state index >= 15 is 4.39 Å². The molecule has 0 aliphatic rings. The van der Waals surface area contributed by atoms with Gasteiger partial charge in [-0.25, -0.2) is 9.18 Å². The number of fused-ring (bicyclic) bond motifs is 1. The van der Waals surface area contributed by atoms with E-state index in [0.717, 1.165) is 11.6 Å². The molecular weight excluding hydrogens is 606 g/mol. The Morgan fingerprint density at radius 3 is 2.50 bits per heavy atom. The van der Waals surface area contributed by atoms with Crippen molar-refractivity contribution in [1.29, 1.82) is 5.41 Å². The topological polar surface area (TPSA) is 186 Å². The minimum Gasteiger partial charge on any atom is -0.403 e. The molecule has 10 N–H and O–H groups in total. The fourth-order valence-electron chi connectivity index (χ4n) is 5.13. The molecule has 2 aromatic carbocycles. The maximum atomic E-state index is 15.4. The van der Waals surface area contributed by atoms with Crippen LogP contribution in [0, 0.1) is 11.2 Å². The van der Waals surface area contributed by atoms with Crippen molar-refractivity contribution in [3.05, 3.63) is 76.1 Å². The van der Waals surface area contributed by atoms with E-state index in [-0.39, 0.29) is 41.0 Å². The highest BCUT2D eigenvalue weighted by atomic mass is 19.4. The number of H-pyrrole nitrogens is 1. The molecule has 0 radical (unpaired) electrons. The molecule has 0 bridgehead atoms. The Kier molecular flexibility index (Phi) is 11.0. The molecule has 0 spiro atoms. The summed E-state index contributed by atoms with van der Waals surface area (Å²) in [6.07, 6.45) is -1.30. The fraction of sp³-hybridized carbons (Fsp3) is 0.387. The summed E-state index contributed by atoms with van der Waals surface area (Å²) in [5.74, 6) is -2.27. The fourth-order valence-corrected chi connectivity index (χ4v) is 5.13. The quantitative estimate of drug-likeness (QED) is 0.0611. The van der Waals surface area contributed by atoms with Gasteiger partial charge in [-0.1, -0.05) is 12.1 Å². The van der Waals surface area contributed by atoms with Gasteiger partial charge in [0.15, 0.2) is 17.5 Å². The van der Waals surface area contributed by atoms with Crippen LogP contribution in [0.4, 0.5) is 17.6 Å². The molecule has 0 amide bonds. The molecule has 4 rings (SSSR count). The van der Waals surface area contributed by atoms with Crippen LogP contribution in [0.25, 0.3) is 28.0 Å². The number of nitrogens with two attached hydrogens (primary N) is 3. The van der Waals surface area contributed by atoms with Gasteiger partial charge in [0.05, 0.1) is 11.4 Å². The minimum absolute atomic E-state index is 0.0232. The standard InChI is InChI=1S/C31H39F4N9O2/c1-17(37)4-3-5-19-12-24(27(32)26(13-19)46-31(33,34)35)25-14-21-16-44(30(45)43-28(21)42-25)23-8-6-20(7-9-23)18(2)40-11-10-22(15-36)41-29(38)39/h6-9,12-14,16-18,22,40H,3-5,10-11,15,36-37H2,1-2H3,(H4,38,39,41)(H,42,43,45)/t17-,18-,22-/m0/s1. The zero-order valence-electron chi connectivity index (χ0n) is 25.5. The highest BCUT2D eigenvalue weighted by Crippen LogP contribution is 2.35. The van der Waals surface area contributed by atoms with E-state index in [9.17, 15) is 18.0 Å². The van der Waals surface area contributed by atoms with Crippen molar-refractivity contribution in [3.63, 3.8) is 0 Å². The predicted molar refractivity (Wildman–Crippen MR) is 169 cm³/mol. The number of hydrogen-bond donors (Lipinski definition) is 7. The summed E-state index contributed by atoms with van der Waals surface area (Å²) < 4.78 is 60.0. The number of hydrogen-bond acceptors (Lipinski definition) is 7. The SMILES string of the molecule is C[C@H](N)CCCc1cc(OC(F)(F)F)c(F)c(-c2cc3cn(-c4ccc([C@H](C)NCC[C@@H](CN)NC(=N)N)cc4)c(=O)nc3[nH]2)c1. The van der Waals surface area contributed by atoms with E-state index in [2.05, 4.69) is 25.3 Å². The highest BCUT2D eigenvalue weighted by Gasteiger charge is 2.33. The predicted octanol–water partition coefficient (Wildman–Crippen LogP) is 3.94. The van der Waals surface area contributed by atoms with Gasteiger partial charge in [0, 0.05) is 41.8 Å². The van der Waals surface area contributed by atoms with Crippen molar-refractivity contribution in [2.75, 3.05) is 13.1 Å². The summed E-state index contributed by atoms with van der Waals surface area (Å²) in [6, 6.07) is 11.1. The number of nitrogens with zero attached hydrogens (tertiary/aromatic N) is 2. The number of rotatable bonds is 14. The van der Waals surface area contributed by atoms with Crippen LogP contribution in [0.15, 0.2) is 53.5 Å². The Morgan fingerprint density at radius 1 is 1.15 bits per heavy atom. The van der Waals surface area contributed by atoms with Crippen molar-refractivity contribution in [2.45, 2.75) is 64.0 Å². The third-order valence-corrected chi connectivity index (χ3v) is 7.51. The summed E-state index contributed by atoms with van der Waals surface area (Å²) >= 11 is 0. The Bertz CT molecular complexity index is 1700. The molecule has 3 atom stereocenters. The summed E-state index contributed by atoms with van der Waals surface area (Å²) in [6.45, 7) is 4.78. The molecular formula is C31H39F4N9O2. The van der Waals surface area contributed by atoms with E-state index in [1.165, 1.54) is 22.9 Å². The second-order valence-electron chi connectivity index (χ2n) is 11.3. The first kappa shape index (κ1) is 34.4. The average molecular weight is 646 g/mol. The molecule has 0 aliphatic carbocycles. The largest absolute Gasteiger partial charge is 0.573 e. The first-order valence-corrected chi connectivity index (χ1v) is 14.8. The van der Waals surface area contributed by atoms with E-state index in [4.69, 9.17) is 22.6 Å². The second kappa shape index (κ2) is 14.7. The average Bonchev–Trinajstić information content (AvgIpc) is 3.39. The van der Waals surface area contributed by atoms with Crippen LogP contribution in [-0.2, 0) is 6.42 Å². The second-order valence-corrected chi connectivity index (χ2v) is 11.3. The number of aryl methyl sites for hydroxylation is 1. The van der Waals surface area contributed by atoms with Gasteiger partial charge in [0.25, 0.3) is 0 Å². The Balaban J connectivity index is 1.57. The molecule has 0 saturated carbocycles. The van der Waals surface area contributed by atoms with E-state index in [0.29, 0.717) is 55.4 Å². The van der Waals surface area contributed by atoms with Crippen LogP contribution in [0.2, 0.25) is 0 Å². The van der Waals surface area contributed by atoms with Gasteiger partial charge in [-0.05, 0) is 87.5 Å². The van der Waals surface area contributed by atoms with Crippen LogP contribution >= 0.6 is 0 Å². The number of guanidine groups is 1. The minimum atomic E-state index is -5.09. The lowest BCUT2D eigenvalue weighted by atomic mass is 10.0. The first-order valence-electron chi connectivity index (χ1n) is 14.8. The summed E-state index contributed by atoms with van der Waals surface area (Å²) in [5.41, 5.74) is 18.4. The van der Waals surface area contributed by atoms with Crippen LogP contribution in [0.5, 0.6) is 5.75 Å². The molecule has 2 aromatic heterocycles. The number of ether oxygens (including phenoxy) is 1. The van der Waals surface area contributed by atoms with Crippen LogP contribution in [-0.4, -0.2) is 52.0 Å². The third-order valence-electron chi connectivity index (χ3n) is 7.51. The number of aromatic amines is 1. The molecule has 0 aliphatic heterocycles. The first-order chi connectivity index (χ1) is 21.7. The number of nitrogens with one attached hydrogen (secondary N) is 4. The van der Waals surface area contributed by atoms with Gasteiger partial charge in [-0.15, -0.1) is 13.2 Å². The van der Waals surface area contributed by atoms with Crippen LogP contribution in [0.3, 0.4) is 0 Å². The maximum absolute atomic E-state index is 15.4. The lowest BCUT2D eigenvalue weighted by Gasteiger charge is -2.19. The van der Waals surface area contributed by atoms with Gasteiger partial charge in [-0.2, -0.15) is 4.98 Å². The van der Waals surface area contributed by atoms with Gasteiger partial charge in [0.1, 0.15) is 5.65 Å². The maximum Gasteiger partial charge on any atom is 0.573 e. The van der Waals surface area contributed by atoms with Crippen LogP contribution in [0.1, 0.15) is 50.3 Å². The molecule has 15 heteroatoms. The third kappa shape index (κ3) is 9.05. The van der Waals surface area contributed by atoms with Gasteiger partial charge in [-0.3, -0.25) is 9.98 Å². The van der Waals surface area contributed by atoms with Crippen molar-refractivity contribution < 1.29 is 22.3 Å². The van der Waals surface area contributed by atoms with E-state index < -0.39 is 23.6 Å². The summed E-state index contributed by atoms with van der Waals surface area (Å²) in [4.78, 5) is 19.9. The summed E-state index contributed by atoms with van der Waals surface area (Å²) in [7, 11) is 0. The molecule has 4 aromatic rings. The van der Waals surface area contributed by atoms with Crippen molar-refractivity contribution in [2.24, 2.45) is 17.2 Å². The van der Waals surface area contributed by atoms with Crippen molar-refractivity contribution in [3.8, 4) is 22.7 Å². The zero-order valence-corrected chi connectivity index (χ0v) is 25.5. The van der Waals surface area contributed by atoms with E-state index in [1.54, 1.807) is 12.1 Å². The molecule has 11 nitrogen and oxygen atoms in total. The zero-order chi connectivity index (χ0) is 33.6.